The van der Waals surface area contributed by atoms with Gasteiger partial charge in [0.2, 0.25) is 0 Å². The Morgan fingerprint density at radius 2 is 2.10 bits per heavy atom. The molecule has 3 aliphatic rings. The summed E-state index contributed by atoms with van der Waals surface area (Å²) < 4.78 is 10.9. The second-order valence-electron chi connectivity index (χ2n) is 8.28. The van der Waals surface area contributed by atoms with Gasteiger partial charge >= 0.3 is 6.09 Å². The number of amides is 2. The van der Waals surface area contributed by atoms with Crippen LogP contribution in [0, 0.1) is 5.92 Å². The number of cyclic esters (lactones) is 1. The van der Waals surface area contributed by atoms with Crippen molar-refractivity contribution in [3.63, 3.8) is 0 Å². The van der Waals surface area contributed by atoms with E-state index in [1.165, 1.54) is 11.1 Å². The molecule has 2 aliphatic heterocycles. The first-order chi connectivity index (χ1) is 15.1. The predicted octanol–water partition coefficient (Wildman–Crippen LogP) is 3.39. The third-order valence-corrected chi connectivity index (χ3v) is 6.43. The van der Waals surface area contributed by atoms with E-state index in [2.05, 4.69) is 16.7 Å². The number of benzene rings is 2. The minimum Gasteiger partial charge on any atom is -0.482 e. The van der Waals surface area contributed by atoms with Crippen LogP contribution < -0.4 is 20.3 Å². The number of hydrogen-bond acceptors (Lipinski definition) is 5. The van der Waals surface area contributed by atoms with E-state index in [0.29, 0.717) is 29.6 Å². The van der Waals surface area contributed by atoms with Crippen LogP contribution in [0.25, 0.3) is 0 Å². The first-order valence-electron chi connectivity index (χ1n) is 10.6. The van der Waals surface area contributed by atoms with E-state index in [4.69, 9.17) is 21.1 Å². The number of rotatable bonds is 6. The monoisotopic (exact) mass is 441 g/mol. The molecule has 2 atom stereocenters. The van der Waals surface area contributed by atoms with Crippen LogP contribution in [0.2, 0.25) is 5.02 Å². The van der Waals surface area contributed by atoms with Gasteiger partial charge in [0.15, 0.2) is 6.61 Å². The molecule has 2 aromatic rings. The van der Waals surface area contributed by atoms with E-state index in [1.807, 2.05) is 12.1 Å². The highest BCUT2D eigenvalue weighted by Gasteiger charge is 2.33. The van der Waals surface area contributed by atoms with E-state index in [-0.39, 0.29) is 24.7 Å². The Bertz CT molecular complexity index is 1030. The highest BCUT2D eigenvalue weighted by atomic mass is 35.5. The largest absolute Gasteiger partial charge is 0.482 e. The van der Waals surface area contributed by atoms with Gasteiger partial charge in [0, 0.05) is 10.7 Å². The average Bonchev–Trinajstić information content (AvgIpc) is 3.34. The molecule has 2 heterocycles. The number of carbonyl (C=O) groups excluding carboxylic acids is 2. The molecule has 2 unspecified atom stereocenters. The van der Waals surface area contributed by atoms with Gasteiger partial charge in [-0.25, -0.2) is 4.79 Å². The second-order valence-corrected chi connectivity index (χ2v) is 8.69. The van der Waals surface area contributed by atoms with Crippen molar-refractivity contribution in [3.05, 3.63) is 52.5 Å². The van der Waals surface area contributed by atoms with Crippen molar-refractivity contribution >= 4 is 35.0 Å². The van der Waals surface area contributed by atoms with Crippen molar-refractivity contribution in [1.82, 2.24) is 5.32 Å². The van der Waals surface area contributed by atoms with Crippen LogP contribution in [0.3, 0.4) is 0 Å². The number of nitrogens with one attached hydrogen (secondary N) is 2. The molecule has 31 heavy (non-hydrogen) atoms. The number of anilines is 2. The van der Waals surface area contributed by atoms with Gasteiger partial charge in [0.1, 0.15) is 11.9 Å². The summed E-state index contributed by atoms with van der Waals surface area (Å²) in [6.07, 6.45) is 2.26. The number of ether oxygens (including phenoxy) is 2. The van der Waals surface area contributed by atoms with Gasteiger partial charge in [-0.2, -0.15) is 0 Å². The normalized spacial score (nSPS) is 21.9. The lowest BCUT2D eigenvalue weighted by atomic mass is 10.1. The first kappa shape index (κ1) is 20.2. The SMILES string of the molecule is O=C1COc2ccc(N3CC(CCNCC4Cc5cccc(Cl)c5C4)OC3=O)cc2N1. The Labute approximate surface area is 185 Å². The lowest BCUT2D eigenvalue weighted by molar-refractivity contribution is -0.118. The van der Waals surface area contributed by atoms with Gasteiger partial charge in [-0.1, -0.05) is 23.7 Å². The fraction of sp³-hybridized carbons (Fsp3) is 0.391. The fourth-order valence-corrected chi connectivity index (χ4v) is 4.80. The highest BCUT2D eigenvalue weighted by Crippen LogP contribution is 2.34. The molecular formula is C23H24ClN3O4. The van der Waals surface area contributed by atoms with Gasteiger partial charge < -0.3 is 20.1 Å². The lowest BCUT2D eigenvalue weighted by Gasteiger charge is -2.20. The molecule has 0 spiro atoms. The predicted molar refractivity (Wildman–Crippen MR) is 118 cm³/mol. The molecule has 0 bridgehead atoms. The minimum atomic E-state index is -0.367. The molecular weight excluding hydrogens is 418 g/mol. The third-order valence-electron chi connectivity index (χ3n) is 6.08. The van der Waals surface area contributed by atoms with Crippen molar-refractivity contribution in [2.24, 2.45) is 5.92 Å². The third kappa shape index (κ3) is 4.20. The summed E-state index contributed by atoms with van der Waals surface area (Å²) in [5, 5.41) is 7.14. The first-order valence-corrected chi connectivity index (χ1v) is 11.0. The van der Waals surface area contributed by atoms with E-state index < -0.39 is 0 Å². The number of carbonyl (C=O) groups is 2. The van der Waals surface area contributed by atoms with Crippen LogP contribution in [-0.4, -0.2) is 44.3 Å². The molecule has 8 heteroatoms. The summed E-state index contributed by atoms with van der Waals surface area (Å²) in [6, 6.07) is 11.4. The zero-order valence-electron chi connectivity index (χ0n) is 17.0. The number of nitrogens with zero attached hydrogens (tertiary/aromatic N) is 1. The molecule has 1 fully saturated rings. The lowest BCUT2D eigenvalue weighted by Crippen LogP contribution is -2.29. The van der Waals surface area contributed by atoms with E-state index in [1.54, 1.807) is 23.1 Å². The van der Waals surface area contributed by atoms with Crippen LogP contribution >= 0.6 is 11.6 Å². The molecule has 2 aromatic carbocycles. The van der Waals surface area contributed by atoms with Crippen LogP contribution in [0.15, 0.2) is 36.4 Å². The number of halogens is 1. The van der Waals surface area contributed by atoms with Crippen LogP contribution in [-0.2, 0) is 22.4 Å². The smallest absolute Gasteiger partial charge is 0.414 e. The van der Waals surface area contributed by atoms with E-state index >= 15 is 0 Å². The number of hydrogen-bond donors (Lipinski definition) is 2. The molecule has 1 aliphatic carbocycles. The van der Waals surface area contributed by atoms with Crippen molar-refractivity contribution in [2.75, 3.05) is 36.5 Å². The zero-order valence-corrected chi connectivity index (χ0v) is 17.8. The topological polar surface area (TPSA) is 79.9 Å². The molecule has 0 aromatic heterocycles. The molecule has 0 saturated carbocycles. The maximum Gasteiger partial charge on any atom is 0.414 e. The molecule has 2 amide bonds. The van der Waals surface area contributed by atoms with Crippen LogP contribution in [0.5, 0.6) is 5.75 Å². The Hall–Kier alpha value is -2.77. The molecule has 1 saturated heterocycles. The summed E-state index contributed by atoms with van der Waals surface area (Å²) in [5.41, 5.74) is 3.89. The van der Waals surface area contributed by atoms with E-state index in [0.717, 1.165) is 37.4 Å². The van der Waals surface area contributed by atoms with Gasteiger partial charge in [0.25, 0.3) is 5.91 Å². The van der Waals surface area contributed by atoms with Crippen LogP contribution in [0.4, 0.5) is 16.2 Å². The Balaban J connectivity index is 1.10. The van der Waals surface area contributed by atoms with Gasteiger partial charge in [-0.05, 0) is 73.7 Å². The second kappa shape index (κ2) is 8.40. The van der Waals surface area contributed by atoms with Crippen molar-refractivity contribution in [3.8, 4) is 5.75 Å². The Kier molecular flexibility index (Phi) is 5.46. The van der Waals surface area contributed by atoms with Gasteiger partial charge in [0.05, 0.1) is 12.2 Å². The summed E-state index contributed by atoms with van der Waals surface area (Å²) in [5.74, 6) is 0.947. The standard InChI is InChI=1S/C23H24ClN3O4/c24-19-3-1-2-15-8-14(9-18(15)19)11-25-7-6-17-12-27(23(29)31-17)16-4-5-21-20(10-16)26-22(28)13-30-21/h1-5,10,14,17,25H,6-9,11-13H2,(H,26,28). The van der Waals surface area contributed by atoms with Crippen molar-refractivity contribution in [1.29, 1.82) is 0 Å². The highest BCUT2D eigenvalue weighted by molar-refractivity contribution is 6.31. The van der Waals surface area contributed by atoms with Crippen LogP contribution in [0.1, 0.15) is 17.5 Å². The molecule has 162 valence electrons. The fourth-order valence-electron chi connectivity index (χ4n) is 4.53. The Morgan fingerprint density at radius 1 is 1.19 bits per heavy atom. The van der Waals surface area contributed by atoms with Gasteiger partial charge in [-0.15, -0.1) is 0 Å². The maximum absolute atomic E-state index is 12.4. The van der Waals surface area contributed by atoms with Gasteiger partial charge in [-0.3, -0.25) is 9.69 Å². The minimum absolute atomic E-state index is 0.00710. The quantitative estimate of drug-likeness (QED) is 0.672. The summed E-state index contributed by atoms with van der Waals surface area (Å²) in [6.45, 7) is 2.19. The summed E-state index contributed by atoms with van der Waals surface area (Å²) >= 11 is 6.31. The molecule has 2 N–H and O–H groups in total. The number of fused-ring (bicyclic) bond motifs is 2. The average molecular weight is 442 g/mol. The van der Waals surface area contributed by atoms with Crippen molar-refractivity contribution < 1.29 is 19.1 Å². The summed E-state index contributed by atoms with van der Waals surface area (Å²) in [4.78, 5) is 25.5. The molecule has 7 nitrogen and oxygen atoms in total. The molecule has 0 radical (unpaired) electrons. The van der Waals surface area contributed by atoms with Crippen molar-refractivity contribution in [2.45, 2.75) is 25.4 Å². The van der Waals surface area contributed by atoms with E-state index in [9.17, 15) is 9.59 Å². The maximum atomic E-state index is 12.4. The molecule has 5 rings (SSSR count). The Morgan fingerprint density at radius 3 is 2.97 bits per heavy atom. The summed E-state index contributed by atoms with van der Waals surface area (Å²) in [7, 11) is 0. The zero-order chi connectivity index (χ0) is 21.4.